The Morgan fingerprint density at radius 3 is 1.92 bits per heavy atom. The lowest BCUT2D eigenvalue weighted by atomic mass is 10.1. The highest BCUT2D eigenvalue weighted by Gasteiger charge is 2.11. The SMILES string of the molecule is O=C(Nc1ccc(F)cc1)c1cccc(C(=O)Nc2cccc(Cl)c2)c1. The number of carbonyl (C=O) groups excluding carboxylic acids is 2. The zero-order chi connectivity index (χ0) is 18.5. The summed E-state index contributed by atoms with van der Waals surface area (Å²) in [5.74, 6) is -1.14. The molecule has 2 N–H and O–H groups in total. The summed E-state index contributed by atoms with van der Waals surface area (Å²) in [6.07, 6.45) is 0. The normalized spacial score (nSPS) is 10.2. The second-order valence-corrected chi connectivity index (χ2v) is 5.94. The van der Waals surface area contributed by atoms with Crippen LogP contribution in [-0.4, -0.2) is 11.8 Å². The maximum Gasteiger partial charge on any atom is 0.255 e. The molecule has 0 radical (unpaired) electrons. The Morgan fingerprint density at radius 2 is 1.31 bits per heavy atom. The van der Waals surface area contributed by atoms with Crippen LogP contribution < -0.4 is 10.6 Å². The molecule has 0 saturated carbocycles. The number of rotatable bonds is 4. The third-order valence-electron chi connectivity index (χ3n) is 3.57. The molecule has 6 heteroatoms. The highest BCUT2D eigenvalue weighted by atomic mass is 35.5. The molecular weight excluding hydrogens is 355 g/mol. The zero-order valence-corrected chi connectivity index (χ0v) is 14.3. The molecule has 3 aromatic carbocycles. The highest BCUT2D eigenvalue weighted by Crippen LogP contribution is 2.17. The van der Waals surface area contributed by atoms with E-state index < -0.39 is 5.91 Å². The van der Waals surface area contributed by atoms with E-state index in [0.717, 1.165) is 0 Å². The smallest absolute Gasteiger partial charge is 0.255 e. The van der Waals surface area contributed by atoms with Gasteiger partial charge in [0.25, 0.3) is 11.8 Å². The number of hydrogen-bond acceptors (Lipinski definition) is 2. The molecule has 2 amide bonds. The number of anilines is 2. The molecule has 0 aliphatic carbocycles. The zero-order valence-electron chi connectivity index (χ0n) is 13.5. The fourth-order valence-corrected chi connectivity index (χ4v) is 2.50. The van der Waals surface area contributed by atoms with Crippen LogP contribution in [0.1, 0.15) is 20.7 Å². The van der Waals surface area contributed by atoms with E-state index in [4.69, 9.17) is 11.6 Å². The van der Waals surface area contributed by atoms with E-state index in [1.54, 1.807) is 42.5 Å². The quantitative estimate of drug-likeness (QED) is 0.682. The summed E-state index contributed by atoms with van der Waals surface area (Å²) in [5.41, 5.74) is 1.67. The summed E-state index contributed by atoms with van der Waals surface area (Å²) in [6.45, 7) is 0. The van der Waals surface area contributed by atoms with Gasteiger partial charge in [0, 0.05) is 27.5 Å². The third-order valence-corrected chi connectivity index (χ3v) is 3.81. The van der Waals surface area contributed by atoms with Gasteiger partial charge >= 0.3 is 0 Å². The van der Waals surface area contributed by atoms with Crippen LogP contribution >= 0.6 is 11.6 Å². The van der Waals surface area contributed by atoms with Crippen LogP contribution in [0.3, 0.4) is 0 Å². The molecule has 0 aromatic heterocycles. The van der Waals surface area contributed by atoms with Crippen LogP contribution in [0, 0.1) is 5.82 Å². The molecule has 0 aliphatic rings. The van der Waals surface area contributed by atoms with E-state index in [1.165, 1.54) is 30.3 Å². The Balaban J connectivity index is 1.73. The van der Waals surface area contributed by atoms with Crippen LogP contribution in [-0.2, 0) is 0 Å². The van der Waals surface area contributed by atoms with Crippen LogP contribution in [0.4, 0.5) is 15.8 Å². The molecule has 0 spiro atoms. The molecular formula is C20H14ClFN2O2. The fraction of sp³-hybridized carbons (Fsp3) is 0. The number of halogens is 2. The molecule has 0 atom stereocenters. The highest BCUT2D eigenvalue weighted by molar-refractivity contribution is 6.31. The summed E-state index contributed by atoms with van der Waals surface area (Å²) in [6, 6.07) is 18.5. The van der Waals surface area contributed by atoms with Gasteiger partial charge in [0.05, 0.1) is 0 Å². The molecule has 0 fully saturated rings. The van der Waals surface area contributed by atoms with Gasteiger partial charge in [-0.3, -0.25) is 9.59 Å². The first-order chi connectivity index (χ1) is 12.5. The van der Waals surface area contributed by atoms with Gasteiger partial charge in [-0.25, -0.2) is 4.39 Å². The van der Waals surface area contributed by atoms with E-state index in [9.17, 15) is 14.0 Å². The minimum atomic E-state index is -0.394. The predicted octanol–water partition coefficient (Wildman–Crippen LogP) is 4.98. The summed E-state index contributed by atoms with van der Waals surface area (Å²) in [4.78, 5) is 24.7. The summed E-state index contributed by atoms with van der Waals surface area (Å²) in [5, 5.41) is 5.89. The van der Waals surface area contributed by atoms with Gasteiger partial charge in [-0.05, 0) is 60.7 Å². The van der Waals surface area contributed by atoms with Crippen molar-refractivity contribution < 1.29 is 14.0 Å². The molecule has 26 heavy (non-hydrogen) atoms. The van der Waals surface area contributed by atoms with Gasteiger partial charge in [0.2, 0.25) is 0 Å². The van der Waals surface area contributed by atoms with Crippen molar-refractivity contribution in [2.75, 3.05) is 10.6 Å². The van der Waals surface area contributed by atoms with E-state index in [0.29, 0.717) is 27.5 Å². The first-order valence-corrected chi connectivity index (χ1v) is 8.13. The monoisotopic (exact) mass is 368 g/mol. The molecule has 4 nitrogen and oxygen atoms in total. The lowest BCUT2D eigenvalue weighted by molar-refractivity contribution is 0.102. The van der Waals surface area contributed by atoms with E-state index in [2.05, 4.69) is 10.6 Å². The van der Waals surface area contributed by atoms with Gasteiger partial charge in [-0.1, -0.05) is 23.7 Å². The van der Waals surface area contributed by atoms with Crippen molar-refractivity contribution in [2.24, 2.45) is 0 Å². The van der Waals surface area contributed by atoms with E-state index >= 15 is 0 Å². The second kappa shape index (κ2) is 7.80. The summed E-state index contributed by atoms with van der Waals surface area (Å²) < 4.78 is 12.9. The van der Waals surface area contributed by atoms with Crippen LogP contribution in [0.2, 0.25) is 5.02 Å². The molecule has 0 saturated heterocycles. The molecule has 0 aliphatic heterocycles. The Kier molecular flexibility index (Phi) is 5.29. The number of amides is 2. The van der Waals surface area contributed by atoms with Crippen molar-refractivity contribution in [2.45, 2.75) is 0 Å². The Hall–Kier alpha value is -3.18. The van der Waals surface area contributed by atoms with E-state index in [1.807, 2.05) is 0 Å². The minimum absolute atomic E-state index is 0.313. The lowest BCUT2D eigenvalue weighted by Crippen LogP contribution is -2.15. The minimum Gasteiger partial charge on any atom is -0.322 e. The molecule has 130 valence electrons. The van der Waals surface area contributed by atoms with Gasteiger partial charge in [0.15, 0.2) is 0 Å². The van der Waals surface area contributed by atoms with Crippen molar-refractivity contribution in [3.05, 3.63) is 94.8 Å². The van der Waals surface area contributed by atoms with Crippen molar-refractivity contribution in [3.63, 3.8) is 0 Å². The fourth-order valence-electron chi connectivity index (χ4n) is 2.31. The van der Waals surface area contributed by atoms with Crippen molar-refractivity contribution >= 4 is 34.8 Å². The number of carbonyl (C=O) groups is 2. The Labute approximate surface area is 154 Å². The third kappa shape index (κ3) is 4.46. The summed E-state index contributed by atoms with van der Waals surface area (Å²) in [7, 11) is 0. The average molecular weight is 369 g/mol. The van der Waals surface area contributed by atoms with Crippen molar-refractivity contribution in [3.8, 4) is 0 Å². The van der Waals surface area contributed by atoms with Gasteiger partial charge in [-0.2, -0.15) is 0 Å². The van der Waals surface area contributed by atoms with Gasteiger partial charge in [0.1, 0.15) is 5.82 Å². The average Bonchev–Trinajstić information content (AvgIpc) is 2.64. The standard InChI is InChI=1S/C20H14ClFN2O2/c21-15-5-2-6-18(12-15)24-20(26)14-4-1-3-13(11-14)19(25)23-17-9-7-16(22)8-10-17/h1-12H,(H,23,25)(H,24,26). The first-order valence-electron chi connectivity index (χ1n) is 7.75. The lowest BCUT2D eigenvalue weighted by Gasteiger charge is -2.08. The molecule has 3 aromatic rings. The molecule has 0 heterocycles. The van der Waals surface area contributed by atoms with Crippen LogP contribution in [0.25, 0.3) is 0 Å². The van der Waals surface area contributed by atoms with Crippen molar-refractivity contribution in [1.82, 2.24) is 0 Å². The largest absolute Gasteiger partial charge is 0.322 e. The molecule has 0 bridgehead atoms. The second-order valence-electron chi connectivity index (χ2n) is 5.51. The number of hydrogen-bond donors (Lipinski definition) is 2. The Bertz CT molecular complexity index is 958. The van der Waals surface area contributed by atoms with Gasteiger partial charge in [-0.15, -0.1) is 0 Å². The maximum atomic E-state index is 12.9. The van der Waals surface area contributed by atoms with E-state index in [-0.39, 0.29) is 11.7 Å². The maximum absolute atomic E-state index is 12.9. The first kappa shape index (κ1) is 17.6. The van der Waals surface area contributed by atoms with Crippen molar-refractivity contribution in [1.29, 1.82) is 0 Å². The van der Waals surface area contributed by atoms with Gasteiger partial charge < -0.3 is 10.6 Å². The topological polar surface area (TPSA) is 58.2 Å². The number of nitrogens with one attached hydrogen (secondary N) is 2. The molecule has 3 rings (SSSR count). The van der Waals surface area contributed by atoms with Crippen LogP contribution in [0.5, 0.6) is 0 Å². The number of benzene rings is 3. The Morgan fingerprint density at radius 1 is 0.731 bits per heavy atom. The summed E-state index contributed by atoms with van der Waals surface area (Å²) >= 11 is 5.90. The van der Waals surface area contributed by atoms with Crippen LogP contribution in [0.15, 0.2) is 72.8 Å². The molecule has 0 unspecified atom stereocenters. The predicted molar refractivity (Wildman–Crippen MR) is 100 cm³/mol.